The van der Waals surface area contributed by atoms with Gasteiger partial charge in [-0.3, -0.25) is 4.40 Å². The van der Waals surface area contributed by atoms with Gasteiger partial charge in [-0.25, -0.2) is 23.5 Å². The highest BCUT2D eigenvalue weighted by Gasteiger charge is 2.23. The van der Waals surface area contributed by atoms with Crippen LogP contribution in [-0.4, -0.2) is 34.0 Å². The number of nitrogens with zero attached hydrogens (tertiary/aromatic N) is 3. The quantitative estimate of drug-likeness (QED) is 0.445. The number of rotatable bonds is 5. The van der Waals surface area contributed by atoms with E-state index >= 15 is 0 Å². The fraction of sp³-hybridized carbons (Fsp3) is 0.227. The van der Waals surface area contributed by atoms with Crippen LogP contribution in [0.5, 0.6) is 0 Å². The summed E-state index contributed by atoms with van der Waals surface area (Å²) in [5.74, 6) is -0.746. The maximum Gasteiger partial charge on any atom is 0.318 e. The first-order valence-electron chi connectivity index (χ1n) is 10.0. The summed E-state index contributed by atoms with van der Waals surface area (Å²) in [6.45, 7) is 0.764. The van der Waals surface area contributed by atoms with E-state index in [2.05, 4.69) is 25.9 Å². The van der Waals surface area contributed by atoms with Crippen LogP contribution in [0.3, 0.4) is 0 Å². The topological polar surface area (TPSA) is 83.3 Å². The van der Waals surface area contributed by atoms with Crippen LogP contribution in [0.1, 0.15) is 12.8 Å². The third-order valence-electron chi connectivity index (χ3n) is 5.38. The van der Waals surface area contributed by atoms with E-state index in [1.807, 2.05) is 12.1 Å². The number of fused-ring (bicyclic) bond motifs is 3. The molecular weight excluding hydrogens is 402 g/mol. The zero-order valence-electron chi connectivity index (χ0n) is 16.7. The molecule has 7 nitrogen and oxygen atoms in total. The van der Waals surface area contributed by atoms with Gasteiger partial charge in [-0.15, -0.1) is 0 Å². The number of carbonyl (C=O) groups is 1. The Balaban J connectivity index is 1.64. The summed E-state index contributed by atoms with van der Waals surface area (Å²) in [5, 5.41) is 8.51. The Morgan fingerprint density at radius 1 is 1.16 bits per heavy atom. The molecule has 2 aromatic carbocycles. The average Bonchev–Trinajstić information content (AvgIpc) is 3.50. The molecule has 0 aliphatic heterocycles. The molecule has 0 bridgehead atoms. The minimum Gasteiger partial charge on any atom is -0.367 e. The Bertz CT molecular complexity index is 1300. The number of hydrogen-bond donors (Lipinski definition) is 3. The number of hydrogen-bond acceptors (Lipinski definition) is 4. The van der Waals surface area contributed by atoms with Crippen molar-refractivity contribution in [2.24, 2.45) is 5.92 Å². The molecule has 31 heavy (non-hydrogen) atoms. The molecule has 2 aromatic heterocycles. The molecule has 1 aliphatic rings. The SMILES string of the molecule is CNC(=O)Nc1ccc(-c2cnc3c(NCC4CC4)nc4cc(F)c(F)cc4n23)cc1. The zero-order chi connectivity index (χ0) is 21.5. The van der Waals surface area contributed by atoms with Crippen LogP contribution in [0.2, 0.25) is 0 Å². The normalized spacial score (nSPS) is 13.5. The van der Waals surface area contributed by atoms with Gasteiger partial charge in [-0.05, 0) is 30.9 Å². The highest BCUT2D eigenvalue weighted by molar-refractivity contribution is 5.90. The summed E-state index contributed by atoms with van der Waals surface area (Å²) < 4.78 is 29.8. The lowest BCUT2D eigenvalue weighted by atomic mass is 10.1. The lowest BCUT2D eigenvalue weighted by Crippen LogP contribution is -2.24. The van der Waals surface area contributed by atoms with Gasteiger partial charge >= 0.3 is 6.03 Å². The van der Waals surface area contributed by atoms with Crippen LogP contribution in [0, 0.1) is 17.6 Å². The second-order valence-electron chi connectivity index (χ2n) is 7.62. The fourth-order valence-corrected chi connectivity index (χ4v) is 3.53. The predicted octanol–water partition coefficient (Wildman–Crippen LogP) is 4.40. The number of halogens is 2. The number of imidazole rings is 1. The Morgan fingerprint density at radius 2 is 1.90 bits per heavy atom. The molecule has 5 rings (SSSR count). The number of carbonyl (C=O) groups excluding carboxylic acids is 1. The summed E-state index contributed by atoms with van der Waals surface area (Å²) in [6, 6.07) is 9.12. The first-order chi connectivity index (χ1) is 15.0. The Labute approximate surface area is 176 Å². The van der Waals surface area contributed by atoms with Crippen LogP contribution < -0.4 is 16.0 Å². The van der Waals surface area contributed by atoms with Crippen LogP contribution in [-0.2, 0) is 0 Å². The van der Waals surface area contributed by atoms with Crippen molar-refractivity contribution in [2.45, 2.75) is 12.8 Å². The third-order valence-corrected chi connectivity index (χ3v) is 5.38. The van der Waals surface area contributed by atoms with Crippen molar-refractivity contribution in [2.75, 3.05) is 24.2 Å². The average molecular weight is 422 g/mol. The molecule has 0 atom stereocenters. The summed E-state index contributed by atoms with van der Waals surface area (Å²) >= 11 is 0. The van der Waals surface area contributed by atoms with E-state index in [9.17, 15) is 13.6 Å². The molecule has 4 aromatic rings. The van der Waals surface area contributed by atoms with E-state index in [0.717, 1.165) is 24.2 Å². The number of nitrogens with one attached hydrogen (secondary N) is 3. The Kier molecular flexibility index (Phi) is 4.65. The molecule has 3 N–H and O–H groups in total. The minimum atomic E-state index is -0.946. The third kappa shape index (κ3) is 3.63. The van der Waals surface area contributed by atoms with Crippen LogP contribution >= 0.6 is 0 Å². The summed E-state index contributed by atoms with van der Waals surface area (Å²) in [5.41, 5.74) is 3.44. The molecule has 1 aliphatic carbocycles. The highest BCUT2D eigenvalue weighted by atomic mass is 19.2. The van der Waals surface area contributed by atoms with Crippen LogP contribution in [0.15, 0.2) is 42.6 Å². The van der Waals surface area contributed by atoms with Crippen LogP contribution in [0.25, 0.3) is 27.9 Å². The van der Waals surface area contributed by atoms with E-state index in [0.29, 0.717) is 39.8 Å². The van der Waals surface area contributed by atoms with E-state index in [4.69, 9.17) is 0 Å². The fourth-order valence-electron chi connectivity index (χ4n) is 3.53. The van der Waals surface area contributed by atoms with Gasteiger partial charge in [-0.2, -0.15) is 0 Å². The number of aromatic nitrogens is 3. The summed E-state index contributed by atoms with van der Waals surface area (Å²) in [6.07, 6.45) is 4.03. The maximum atomic E-state index is 14.1. The van der Waals surface area contributed by atoms with Crippen molar-refractivity contribution >= 4 is 34.2 Å². The second kappa shape index (κ2) is 7.50. The van der Waals surface area contributed by atoms with Crippen LogP contribution in [0.4, 0.5) is 25.1 Å². The number of amides is 2. The Morgan fingerprint density at radius 3 is 2.61 bits per heavy atom. The first kappa shape index (κ1) is 19.2. The lowest BCUT2D eigenvalue weighted by Gasteiger charge is -2.12. The lowest BCUT2D eigenvalue weighted by molar-refractivity contribution is 0.254. The maximum absolute atomic E-state index is 14.1. The van der Waals surface area contributed by atoms with Crippen molar-refractivity contribution in [1.82, 2.24) is 19.7 Å². The molecule has 2 heterocycles. The molecule has 0 unspecified atom stereocenters. The number of benzene rings is 2. The largest absolute Gasteiger partial charge is 0.367 e. The minimum absolute atomic E-state index is 0.316. The van der Waals surface area contributed by atoms with Gasteiger partial charge in [-0.1, -0.05) is 12.1 Å². The smallest absolute Gasteiger partial charge is 0.318 e. The van der Waals surface area contributed by atoms with Crippen molar-refractivity contribution in [1.29, 1.82) is 0 Å². The van der Waals surface area contributed by atoms with Gasteiger partial charge in [0.15, 0.2) is 23.1 Å². The van der Waals surface area contributed by atoms with Gasteiger partial charge < -0.3 is 16.0 Å². The first-order valence-corrected chi connectivity index (χ1v) is 10.0. The van der Waals surface area contributed by atoms with E-state index in [-0.39, 0.29) is 6.03 Å². The van der Waals surface area contributed by atoms with Gasteiger partial charge in [0.1, 0.15) is 0 Å². The van der Waals surface area contributed by atoms with E-state index in [1.165, 1.54) is 19.9 Å². The zero-order valence-corrected chi connectivity index (χ0v) is 16.7. The molecule has 0 spiro atoms. The standard InChI is InChI=1S/C22H20F2N6O/c1-25-22(31)28-14-6-4-13(5-7-14)19-11-27-21-20(26-10-12-2-3-12)29-17-8-15(23)16(24)9-18(17)30(19)21/h4-9,11-12H,2-3,10H2,1H3,(H,26,29)(H2,25,28,31). The molecule has 2 amide bonds. The molecule has 9 heteroatoms. The second-order valence-corrected chi connectivity index (χ2v) is 7.62. The predicted molar refractivity (Wildman–Crippen MR) is 115 cm³/mol. The molecular formula is C22H20F2N6O. The number of urea groups is 1. The van der Waals surface area contributed by atoms with Gasteiger partial charge in [0.25, 0.3) is 0 Å². The molecule has 0 radical (unpaired) electrons. The highest BCUT2D eigenvalue weighted by Crippen LogP contribution is 2.32. The Hall–Kier alpha value is -3.75. The molecule has 1 saturated carbocycles. The van der Waals surface area contributed by atoms with Gasteiger partial charge in [0.05, 0.1) is 22.9 Å². The molecule has 158 valence electrons. The van der Waals surface area contributed by atoms with Crippen molar-refractivity contribution < 1.29 is 13.6 Å². The molecule has 1 fully saturated rings. The molecule has 0 saturated heterocycles. The summed E-state index contributed by atoms with van der Waals surface area (Å²) in [4.78, 5) is 20.5. The van der Waals surface area contributed by atoms with E-state index in [1.54, 1.807) is 22.7 Å². The summed E-state index contributed by atoms with van der Waals surface area (Å²) in [7, 11) is 1.54. The van der Waals surface area contributed by atoms with Gasteiger partial charge in [0.2, 0.25) is 0 Å². The van der Waals surface area contributed by atoms with Crippen molar-refractivity contribution in [3.63, 3.8) is 0 Å². The monoisotopic (exact) mass is 422 g/mol. The van der Waals surface area contributed by atoms with E-state index < -0.39 is 11.6 Å². The van der Waals surface area contributed by atoms with Gasteiger partial charge in [0, 0.05) is 37.0 Å². The van der Waals surface area contributed by atoms with Crippen molar-refractivity contribution in [3.05, 3.63) is 54.2 Å². The number of anilines is 2. The van der Waals surface area contributed by atoms with Crippen molar-refractivity contribution in [3.8, 4) is 11.3 Å².